The topological polar surface area (TPSA) is 115 Å². The fourth-order valence-electron chi connectivity index (χ4n) is 4.02. The van der Waals surface area contributed by atoms with Crippen molar-refractivity contribution in [3.8, 4) is 5.82 Å². The average Bonchev–Trinajstić information content (AvgIpc) is 3.46. The molecule has 0 spiro atoms. The third-order valence-corrected chi connectivity index (χ3v) is 5.68. The van der Waals surface area contributed by atoms with Crippen LogP contribution in [0.4, 0.5) is 5.69 Å². The lowest BCUT2D eigenvalue weighted by molar-refractivity contribution is -0.119. The number of aromatic nitrogens is 3. The third-order valence-electron chi connectivity index (χ3n) is 5.68. The number of carbonyl (C=O) groups excluding carboxylic acids is 3. The summed E-state index contributed by atoms with van der Waals surface area (Å²) in [4.78, 5) is 41.7. The number of nitrogens with one attached hydrogen (secondary N) is 2. The summed E-state index contributed by atoms with van der Waals surface area (Å²) in [7, 11) is 0. The van der Waals surface area contributed by atoms with E-state index in [0.717, 1.165) is 37.1 Å². The van der Waals surface area contributed by atoms with Crippen molar-refractivity contribution >= 4 is 23.5 Å². The molecule has 0 saturated heterocycles. The standard InChI is InChI=1S/C25H27N5O4/c1-16-13-17(2)30(29-16)22-12-11-18(14-26-22)25(33)34-15-23(31)28-21-10-6-5-9-20(21)24(32)27-19-7-3-4-8-19/h5-6,9-14,19H,3-4,7-8,15H2,1-2H3,(H,27,32)(H,28,31). The van der Waals surface area contributed by atoms with E-state index in [4.69, 9.17) is 4.74 Å². The van der Waals surface area contributed by atoms with Crippen molar-refractivity contribution in [3.05, 3.63) is 71.2 Å². The van der Waals surface area contributed by atoms with Crippen molar-refractivity contribution in [1.82, 2.24) is 20.1 Å². The molecule has 2 heterocycles. The van der Waals surface area contributed by atoms with E-state index in [1.807, 2.05) is 19.9 Å². The van der Waals surface area contributed by atoms with Crippen LogP contribution >= 0.6 is 0 Å². The third kappa shape index (κ3) is 5.48. The zero-order valence-electron chi connectivity index (χ0n) is 19.2. The molecule has 0 unspecified atom stereocenters. The summed E-state index contributed by atoms with van der Waals surface area (Å²) in [5, 5.41) is 10.0. The smallest absolute Gasteiger partial charge is 0.340 e. The van der Waals surface area contributed by atoms with Crippen LogP contribution in [0.15, 0.2) is 48.7 Å². The molecule has 1 aliphatic carbocycles. The van der Waals surface area contributed by atoms with Gasteiger partial charge in [0.25, 0.3) is 11.8 Å². The highest BCUT2D eigenvalue weighted by molar-refractivity contribution is 6.04. The summed E-state index contributed by atoms with van der Waals surface area (Å²) in [5.74, 6) is -0.863. The van der Waals surface area contributed by atoms with E-state index in [0.29, 0.717) is 17.1 Å². The fourth-order valence-corrected chi connectivity index (χ4v) is 4.02. The van der Waals surface area contributed by atoms with Crippen molar-refractivity contribution in [2.75, 3.05) is 11.9 Å². The molecular weight excluding hydrogens is 434 g/mol. The van der Waals surface area contributed by atoms with Crippen molar-refractivity contribution in [1.29, 1.82) is 0 Å². The summed E-state index contributed by atoms with van der Waals surface area (Å²) >= 11 is 0. The Morgan fingerprint density at radius 1 is 1.09 bits per heavy atom. The minimum absolute atomic E-state index is 0.165. The molecule has 3 aromatic rings. The Labute approximate surface area is 197 Å². The second-order valence-electron chi connectivity index (χ2n) is 8.37. The van der Waals surface area contributed by atoms with Crippen LogP contribution in [0.3, 0.4) is 0 Å². The highest BCUT2D eigenvalue weighted by Crippen LogP contribution is 2.20. The predicted octanol–water partition coefficient (Wildman–Crippen LogP) is 3.35. The van der Waals surface area contributed by atoms with Gasteiger partial charge in [-0.05, 0) is 57.0 Å². The molecular formula is C25H27N5O4. The number of hydrogen-bond acceptors (Lipinski definition) is 6. The molecule has 34 heavy (non-hydrogen) atoms. The van der Waals surface area contributed by atoms with Crippen LogP contribution in [-0.4, -0.2) is 45.2 Å². The van der Waals surface area contributed by atoms with Gasteiger partial charge in [0.2, 0.25) is 0 Å². The van der Waals surface area contributed by atoms with E-state index in [1.165, 1.54) is 6.20 Å². The van der Waals surface area contributed by atoms with E-state index >= 15 is 0 Å². The Balaban J connectivity index is 1.33. The number of aryl methyl sites for hydroxylation is 2. The Morgan fingerprint density at radius 2 is 1.85 bits per heavy atom. The minimum Gasteiger partial charge on any atom is -0.452 e. The molecule has 0 aliphatic heterocycles. The number of ether oxygens (including phenoxy) is 1. The summed E-state index contributed by atoms with van der Waals surface area (Å²) < 4.78 is 6.81. The molecule has 1 fully saturated rings. The molecule has 9 nitrogen and oxygen atoms in total. The number of anilines is 1. The second kappa shape index (κ2) is 10.3. The number of benzene rings is 1. The maximum Gasteiger partial charge on any atom is 0.340 e. The average molecular weight is 462 g/mol. The number of carbonyl (C=O) groups is 3. The summed E-state index contributed by atoms with van der Waals surface area (Å²) in [5.41, 5.74) is 2.75. The Kier molecular flexibility index (Phi) is 7.01. The van der Waals surface area contributed by atoms with E-state index in [2.05, 4.69) is 20.7 Å². The van der Waals surface area contributed by atoms with Crippen LogP contribution < -0.4 is 10.6 Å². The SMILES string of the molecule is Cc1cc(C)n(-c2ccc(C(=O)OCC(=O)Nc3ccccc3C(=O)NC3CCCC3)cn2)n1. The zero-order valence-corrected chi connectivity index (χ0v) is 19.2. The van der Waals surface area contributed by atoms with Gasteiger partial charge >= 0.3 is 5.97 Å². The van der Waals surface area contributed by atoms with E-state index in [-0.39, 0.29) is 17.5 Å². The van der Waals surface area contributed by atoms with Gasteiger partial charge in [0.1, 0.15) is 0 Å². The number of para-hydroxylation sites is 1. The number of nitrogens with zero attached hydrogens (tertiary/aromatic N) is 3. The maximum absolute atomic E-state index is 12.6. The first kappa shape index (κ1) is 23.2. The lowest BCUT2D eigenvalue weighted by Gasteiger charge is -2.15. The van der Waals surface area contributed by atoms with Crippen LogP contribution in [0, 0.1) is 13.8 Å². The van der Waals surface area contributed by atoms with Crippen molar-refractivity contribution in [2.45, 2.75) is 45.6 Å². The highest BCUT2D eigenvalue weighted by atomic mass is 16.5. The van der Waals surface area contributed by atoms with Gasteiger partial charge in [-0.25, -0.2) is 14.5 Å². The molecule has 0 atom stereocenters. The molecule has 1 saturated carbocycles. The van der Waals surface area contributed by atoms with E-state index in [1.54, 1.807) is 41.1 Å². The Hall–Kier alpha value is -4.01. The molecule has 176 valence electrons. The van der Waals surface area contributed by atoms with E-state index in [9.17, 15) is 14.4 Å². The Bertz CT molecular complexity index is 1200. The number of amides is 2. The molecule has 4 rings (SSSR count). The van der Waals surface area contributed by atoms with Gasteiger partial charge < -0.3 is 15.4 Å². The molecule has 9 heteroatoms. The van der Waals surface area contributed by atoms with Gasteiger partial charge in [0.15, 0.2) is 12.4 Å². The molecule has 2 N–H and O–H groups in total. The van der Waals surface area contributed by atoms with Crippen LogP contribution in [0.25, 0.3) is 5.82 Å². The predicted molar refractivity (Wildman–Crippen MR) is 126 cm³/mol. The molecule has 0 radical (unpaired) electrons. The van der Waals surface area contributed by atoms with Crippen molar-refractivity contribution in [3.63, 3.8) is 0 Å². The monoisotopic (exact) mass is 461 g/mol. The van der Waals surface area contributed by atoms with Gasteiger partial charge in [0.05, 0.1) is 22.5 Å². The minimum atomic E-state index is -0.671. The normalized spacial score (nSPS) is 13.5. The summed E-state index contributed by atoms with van der Waals surface area (Å²) in [6, 6.07) is 12.1. The molecule has 2 aromatic heterocycles. The molecule has 2 amide bonds. The number of esters is 1. The highest BCUT2D eigenvalue weighted by Gasteiger charge is 2.20. The van der Waals surface area contributed by atoms with Crippen LogP contribution in [0.1, 0.15) is 57.8 Å². The van der Waals surface area contributed by atoms with Crippen LogP contribution in [0.5, 0.6) is 0 Å². The number of rotatable bonds is 7. The molecule has 1 aliphatic rings. The lowest BCUT2D eigenvalue weighted by Crippen LogP contribution is -2.33. The zero-order chi connectivity index (χ0) is 24.1. The van der Waals surface area contributed by atoms with Crippen molar-refractivity contribution in [2.24, 2.45) is 0 Å². The number of pyridine rings is 1. The first-order chi connectivity index (χ1) is 16.4. The van der Waals surface area contributed by atoms with Crippen LogP contribution in [0.2, 0.25) is 0 Å². The summed E-state index contributed by atoms with van der Waals surface area (Å²) in [6.45, 7) is 3.32. The van der Waals surface area contributed by atoms with Gasteiger partial charge in [-0.15, -0.1) is 0 Å². The fraction of sp³-hybridized carbons (Fsp3) is 0.320. The van der Waals surface area contributed by atoms with Gasteiger partial charge in [-0.3, -0.25) is 9.59 Å². The van der Waals surface area contributed by atoms with Gasteiger partial charge in [-0.1, -0.05) is 25.0 Å². The molecule has 1 aromatic carbocycles. The quantitative estimate of drug-likeness (QED) is 0.522. The summed E-state index contributed by atoms with van der Waals surface area (Å²) in [6.07, 6.45) is 5.53. The van der Waals surface area contributed by atoms with E-state index < -0.39 is 18.5 Å². The number of hydrogen-bond donors (Lipinski definition) is 2. The first-order valence-electron chi connectivity index (χ1n) is 11.3. The lowest BCUT2D eigenvalue weighted by atomic mass is 10.1. The maximum atomic E-state index is 12.6. The largest absolute Gasteiger partial charge is 0.452 e. The second-order valence-corrected chi connectivity index (χ2v) is 8.37. The molecule has 0 bridgehead atoms. The first-order valence-corrected chi connectivity index (χ1v) is 11.3. The Morgan fingerprint density at radius 3 is 2.53 bits per heavy atom. The van der Waals surface area contributed by atoms with Crippen LogP contribution in [-0.2, 0) is 9.53 Å². The van der Waals surface area contributed by atoms with Crippen molar-refractivity contribution < 1.29 is 19.1 Å². The van der Waals surface area contributed by atoms with Gasteiger partial charge in [0, 0.05) is 17.9 Å². The van der Waals surface area contributed by atoms with Gasteiger partial charge in [-0.2, -0.15) is 5.10 Å².